The Morgan fingerprint density at radius 3 is 2.39 bits per heavy atom. The lowest BCUT2D eigenvalue weighted by atomic mass is 10.2. The van der Waals surface area contributed by atoms with E-state index in [4.69, 9.17) is 0 Å². The number of hydrogen-bond donors (Lipinski definition) is 0. The van der Waals surface area contributed by atoms with Crippen LogP contribution in [0.25, 0.3) is 16.8 Å². The SMILES string of the molecule is Cn1c(=O)n(Cc2ccccc2)c2nc3ccccc3n2c1=O. The maximum Gasteiger partial charge on any atom is 0.339 e. The Balaban J connectivity index is 2.11. The van der Waals surface area contributed by atoms with Crippen molar-refractivity contribution < 1.29 is 0 Å². The molecular formula is C17H14N4O2. The van der Waals surface area contributed by atoms with Crippen LogP contribution in [-0.4, -0.2) is 18.5 Å². The molecule has 6 heteroatoms. The van der Waals surface area contributed by atoms with Crippen LogP contribution in [0.1, 0.15) is 5.56 Å². The van der Waals surface area contributed by atoms with Crippen molar-refractivity contribution in [1.82, 2.24) is 18.5 Å². The third-order valence-electron chi connectivity index (χ3n) is 3.96. The number of benzene rings is 2. The molecule has 0 radical (unpaired) electrons. The molecule has 0 unspecified atom stereocenters. The maximum atomic E-state index is 12.6. The lowest BCUT2D eigenvalue weighted by molar-refractivity contribution is 0.622. The molecule has 0 atom stereocenters. The molecule has 0 spiro atoms. The van der Waals surface area contributed by atoms with E-state index in [1.165, 1.54) is 16.0 Å². The molecule has 0 aliphatic rings. The highest BCUT2D eigenvalue weighted by atomic mass is 16.2. The quantitative estimate of drug-likeness (QED) is 0.562. The van der Waals surface area contributed by atoms with Gasteiger partial charge in [0.05, 0.1) is 17.6 Å². The van der Waals surface area contributed by atoms with Crippen LogP contribution in [0.5, 0.6) is 0 Å². The molecule has 0 fully saturated rings. The van der Waals surface area contributed by atoms with Crippen LogP contribution in [0.4, 0.5) is 0 Å². The average Bonchev–Trinajstić information content (AvgIpc) is 2.97. The zero-order valence-corrected chi connectivity index (χ0v) is 12.5. The van der Waals surface area contributed by atoms with Crippen molar-refractivity contribution >= 4 is 16.8 Å². The summed E-state index contributed by atoms with van der Waals surface area (Å²) in [6, 6.07) is 17.0. The number of nitrogens with zero attached hydrogens (tertiary/aromatic N) is 4. The fraction of sp³-hybridized carbons (Fsp3) is 0.118. The largest absolute Gasteiger partial charge is 0.339 e. The lowest BCUT2D eigenvalue weighted by Crippen LogP contribution is -2.42. The van der Waals surface area contributed by atoms with E-state index in [1.54, 1.807) is 0 Å². The lowest BCUT2D eigenvalue weighted by Gasteiger charge is -2.09. The van der Waals surface area contributed by atoms with Crippen molar-refractivity contribution in [1.29, 1.82) is 0 Å². The third-order valence-corrected chi connectivity index (χ3v) is 3.96. The molecule has 2 aromatic heterocycles. The Morgan fingerprint density at radius 1 is 0.913 bits per heavy atom. The summed E-state index contributed by atoms with van der Waals surface area (Å²) in [6.07, 6.45) is 0. The van der Waals surface area contributed by atoms with Gasteiger partial charge in [0.15, 0.2) is 0 Å². The number of imidazole rings is 1. The average molecular weight is 306 g/mol. The topological polar surface area (TPSA) is 61.3 Å². The van der Waals surface area contributed by atoms with E-state index in [0.717, 1.165) is 10.1 Å². The van der Waals surface area contributed by atoms with Crippen molar-refractivity contribution in [2.24, 2.45) is 7.05 Å². The molecule has 0 N–H and O–H groups in total. The van der Waals surface area contributed by atoms with Gasteiger partial charge in [-0.05, 0) is 17.7 Å². The molecule has 0 bridgehead atoms. The fourth-order valence-corrected chi connectivity index (χ4v) is 2.79. The number of aromatic nitrogens is 4. The molecule has 0 aliphatic carbocycles. The number of fused-ring (bicyclic) bond motifs is 3. The zero-order valence-electron chi connectivity index (χ0n) is 12.5. The van der Waals surface area contributed by atoms with Crippen molar-refractivity contribution in [2.75, 3.05) is 0 Å². The van der Waals surface area contributed by atoms with E-state index in [9.17, 15) is 9.59 Å². The minimum atomic E-state index is -0.386. The first-order chi connectivity index (χ1) is 11.2. The normalized spacial score (nSPS) is 11.3. The molecule has 4 rings (SSSR count). The van der Waals surface area contributed by atoms with Gasteiger partial charge in [-0.25, -0.2) is 23.5 Å². The Kier molecular flexibility index (Phi) is 2.90. The first-order valence-corrected chi connectivity index (χ1v) is 7.28. The van der Waals surface area contributed by atoms with Crippen LogP contribution >= 0.6 is 0 Å². The molecule has 114 valence electrons. The number of para-hydroxylation sites is 2. The van der Waals surface area contributed by atoms with Crippen molar-refractivity contribution in [3.8, 4) is 0 Å². The Morgan fingerprint density at radius 2 is 1.61 bits per heavy atom. The Bertz CT molecular complexity index is 1140. The van der Waals surface area contributed by atoms with Gasteiger partial charge in [0.1, 0.15) is 0 Å². The van der Waals surface area contributed by atoms with Gasteiger partial charge in [0.25, 0.3) is 0 Å². The fourth-order valence-electron chi connectivity index (χ4n) is 2.79. The molecule has 6 nitrogen and oxygen atoms in total. The van der Waals surface area contributed by atoms with E-state index in [2.05, 4.69) is 4.98 Å². The summed E-state index contributed by atoms with van der Waals surface area (Å²) in [4.78, 5) is 29.5. The van der Waals surface area contributed by atoms with E-state index >= 15 is 0 Å². The molecule has 0 saturated carbocycles. The van der Waals surface area contributed by atoms with Gasteiger partial charge in [-0.15, -0.1) is 0 Å². The monoisotopic (exact) mass is 306 g/mol. The molecule has 4 aromatic rings. The van der Waals surface area contributed by atoms with Gasteiger partial charge in [-0.2, -0.15) is 0 Å². The van der Waals surface area contributed by atoms with Gasteiger partial charge in [0, 0.05) is 7.05 Å². The third kappa shape index (κ3) is 1.99. The van der Waals surface area contributed by atoms with Crippen molar-refractivity contribution in [3.05, 3.63) is 81.1 Å². The zero-order chi connectivity index (χ0) is 16.0. The highest BCUT2D eigenvalue weighted by Crippen LogP contribution is 2.14. The molecule has 0 amide bonds. The minimum absolute atomic E-state index is 0.362. The predicted molar refractivity (Wildman–Crippen MR) is 87.7 cm³/mol. The number of hydrogen-bond acceptors (Lipinski definition) is 3. The van der Waals surface area contributed by atoms with Crippen LogP contribution < -0.4 is 11.4 Å². The number of rotatable bonds is 2. The molecule has 0 aliphatic heterocycles. The Hall–Kier alpha value is -3.15. The van der Waals surface area contributed by atoms with Crippen LogP contribution in [0.2, 0.25) is 0 Å². The standard InChI is InChI=1S/C17H14N4O2/c1-19-16(22)20(11-12-7-3-2-4-8-12)15-18-13-9-5-6-10-14(13)21(15)17(19)23/h2-10H,11H2,1H3. The second kappa shape index (κ2) is 4.95. The molecule has 2 heterocycles. The molecule has 0 saturated heterocycles. The molecule has 2 aromatic carbocycles. The summed E-state index contributed by atoms with van der Waals surface area (Å²) in [6.45, 7) is 0.362. The van der Waals surface area contributed by atoms with Gasteiger partial charge in [0.2, 0.25) is 5.78 Å². The summed E-state index contributed by atoms with van der Waals surface area (Å²) in [7, 11) is 1.49. The van der Waals surface area contributed by atoms with Gasteiger partial charge < -0.3 is 0 Å². The van der Waals surface area contributed by atoms with Crippen molar-refractivity contribution in [2.45, 2.75) is 6.54 Å². The van der Waals surface area contributed by atoms with Crippen LogP contribution in [0.15, 0.2) is 64.2 Å². The maximum absolute atomic E-state index is 12.6. The van der Waals surface area contributed by atoms with Gasteiger partial charge >= 0.3 is 11.4 Å². The summed E-state index contributed by atoms with van der Waals surface area (Å²) in [5, 5.41) is 0. The molecule has 23 heavy (non-hydrogen) atoms. The summed E-state index contributed by atoms with van der Waals surface area (Å²) < 4.78 is 4.13. The first-order valence-electron chi connectivity index (χ1n) is 7.28. The smallest absolute Gasteiger partial charge is 0.258 e. The second-order valence-electron chi connectivity index (χ2n) is 5.43. The Labute approximate surface area is 130 Å². The van der Waals surface area contributed by atoms with Crippen LogP contribution in [0.3, 0.4) is 0 Å². The van der Waals surface area contributed by atoms with E-state index in [-0.39, 0.29) is 11.4 Å². The second-order valence-corrected chi connectivity index (χ2v) is 5.43. The summed E-state index contributed by atoms with van der Waals surface area (Å²) >= 11 is 0. The van der Waals surface area contributed by atoms with Gasteiger partial charge in [-0.1, -0.05) is 42.5 Å². The highest BCUT2D eigenvalue weighted by molar-refractivity contribution is 5.79. The highest BCUT2D eigenvalue weighted by Gasteiger charge is 2.15. The molecular weight excluding hydrogens is 292 g/mol. The van der Waals surface area contributed by atoms with E-state index in [1.807, 2.05) is 54.6 Å². The minimum Gasteiger partial charge on any atom is -0.258 e. The summed E-state index contributed by atoms with van der Waals surface area (Å²) in [5.74, 6) is 0.364. The van der Waals surface area contributed by atoms with E-state index in [0.29, 0.717) is 23.4 Å². The predicted octanol–water partition coefficient (Wildman–Crippen LogP) is 1.40. The van der Waals surface area contributed by atoms with Crippen LogP contribution in [0, 0.1) is 0 Å². The van der Waals surface area contributed by atoms with Gasteiger partial charge in [-0.3, -0.25) is 4.57 Å². The van der Waals surface area contributed by atoms with Crippen molar-refractivity contribution in [3.63, 3.8) is 0 Å². The first kappa shape index (κ1) is 13.5. The summed E-state index contributed by atoms with van der Waals surface area (Å²) in [5.41, 5.74) is 1.61. The van der Waals surface area contributed by atoms with E-state index < -0.39 is 0 Å². The van der Waals surface area contributed by atoms with Crippen LogP contribution in [-0.2, 0) is 13.6 Å².